The van der Waals surface area contributed by atoms with Crippen LogP contribution < -0.4 is 0 Å². The third kappa shape index (κ3) is 2.89. The van der Waals surface area contributed by atoms with Crippen LogP contribution in [0.2, 0.25) is 10.0 Å². The molecule has 21 heavy (non-hydrogen) atoms. The fourth-order valence-corrected chi connectivity index (χ4v) is 2.63. The number of hydrogen-bond acceptors (Lipinski definition) is 3. The van der Waals surface area contributed by atoms with E-state index in [1.54, 1.807) is 42.7 Å². The van der Waals surface area contributed by atoms with Gasteiger partial charge in [-0.05, 0) is 29.8 Å². The first-order chi connectivity index (χ1) is 10.1. The van der Waals surface area contributed by atoms with E-state index in [1.807, 2.05) is 6.07 Å². The van der Waals surface area contributed by atoms with Crippen LogP contribution >= 0.6 is 23.2 Å². The van der Waals surface area contributed by atoms with Gasteiger partial charge in [0.15, 0.2) is 5.78 Å². The SMILES string of the molecule is O=C(Cc1ccc(Cl)cc1Cl)c1cccc2nccnc12. The Morgan fingerprint density at radius 3 is 2.67 bits per heavy atom. The molecular formula is C16H10Cl2N2O. The van der Waals surface area contributed by atoms with Crippen molar-refractivity contribution in [3.8, 4) is 0 Å². The summed E-state index contributed by atoms with van der Waals surface area (Å²) < 4.78 is 0. The topological polar surface area (TPSA) is 42.9 Å². The molecule has 0 radical (unpaired) electrons. The summed E-state index contributed by atoms with van der Waals surface area (Å²) in [6, 6.07) is 10.5. The summed E-state index contributed by atoms with van der Waals surface area (Å²) in [5.74, 6) is -0.0506. The molecule has 1 aromatic heterocycles. The first-order valence-corrected chi connectivity index (χ1v) is 7.07. The zero-order valence-corrected chi connectivity index (χ0v) is 12.4. The van der Waals surface area contributed by atoms with Gasteiger partial charge in [0.25, 0.3) is 0 Å². The van der Waals surface area contributed by atoms with Gasteiger partial charge in [-0.2, -0.15) is 0 Å². The lowest BCUT2D eigenvalue weighted by atomic mass is 10.0. The number of carbonyl (C=O) groups excluding carboxylic acids is 1. The second-order valence-electron chi connectivity index (χ2n) is 4.57. The molecule has 0 saturated heterocycles. The molecule has 3 rings (SSSR count). The molecule has 0 spiro atoms. The zero-order chi connectivity index (χ0) is 14.8. The van der Waals surface area contributed by atoms with Gasteiger partial charge in [-0.15, -0.1) is 0 Å². The predicted octanol–water partition coefficient (Wildman–Crippen LogP) is 4.36. The summed E-state index contributed by atoms with van der Waals surface area (Å²) in [4.78, 5) is 21.0. The minimum atomic E-state index is -0.0506. The maximum atomic E-state index is 12.5. The summed E-state index contributed by atoms with van der Waals surface area (Å²) >= 11 is 12.0. The Morgan fingerprint density at radius 2 is 1.86 bits per heavy atom. The number of ketones is 1. The summed E-state index contributed by atoms with van der Waals surface area (Å²) in [6.45, 7) is 0. The smallest absolute Gasteiger partial charge is 0.169 e. The van der Waals surface area contributed by atoms with Gasteiger partial charge in [0.05, 0.1) is 11.0 Å². The maximum Gasteiger partial charge on any atom is 0.169 e. The standard InChI is InChI=1S/C16H10Cl2N2O/c17-11-5-4-10(13(18)9-11)8-15(21)12-2-1-3-14-16(12)20-7-6-19-14/h1-7,9H,8H2. The van der Waals surface area contributed by atoms with E-state index in [0.29, 0.717) is 26.6 Å². The molecule has 0 fully saturated rings. The van der Waals surface area contributed by atoms with Crippen LogP contribution in [0, 0.1) is 0 Å². The van der Waals surface area contributed by atoms with Crippen molar-refractivity contribution in [1.29, 1.82) is 0 Å². The molecule has 0 amide bonds. The number of nitrogens with zero attached hydrogens (tertiary/aromatic N) is 2. The molecule has 3 nitrogen and oxygen atoms in total. The first kappa shape index (κ1) is 14.0. The van der Waals surface area contributed by atoms with Crippen LogP contribution in [0.5, 0.6) is 0 Å². The van der Waals surface area contributed by atoms with Crippen LogP contribution in [-0.4, -0.2) is 15.8 Å². The molecule has 0 saturated carbocycles. The highest BCUT2D eigenvalue weighted by atomic mass is 35.5. The van der Waals surface area contributed by atoms with E-state index >= 15 is 0 Å². The van der Waals surface area contributed by atoms with Crippen molar-refractivity contribution in [3.63, 3.8) is 0 Å². The molecule has 0 bridgehead atoms. The first-order valence-electron chi connectivity index (χ1n) is 6.32. The lowest BCUT2D eigenvalue weighted by Gasteiger charge is -2.06. The van der Waals surface area contributed by atoms with Gasteiger partial charge in [0, 0.05) is 34.4 Å². The van der Waals surface area contributed by atoms with Gasteiger partial charge < -0.3 is 0 Å². The van der Waals surface area contributed by atoms with Crippen LogP contribution in [0.3, 0.4) is 0 Å². The number of halogens is 2. The van der Waals surface area contributed by atoms with E-state index in [-0.39, 0.29) is 12.2 Å². The molecular weight excluding hydrogens is 307 g/mol. The van der Waals surface area contributed by atoms with E-state index in [0.717, 1.165) is 5.56 Å². The van der Waals surface area contributed by atoms with E-state index in [4.69, 9.17) is 23.2 Å². The minimum Gasteiger partial charge on any atom is -0.294 e. The molecule has 104 valence electrons. The number of rotatable bonds is 3. The van der Waals surface area contributed by atoms with E-state index < -0.39 is 0 Å². The van der Waals surface area contributed by atoms with E-state index in [1.165, 1.54) is 0 Å². The van der Waals surface area contributed by atoms with Crippen molar-refractivity contribution in [1.82, 2.24) is 9.97 Å². The van der Waals surface area contributed by atoms with Gasteiger partial charge in [-0.3, -0.25) is 14.8 Å². The average Bonchev–Trinajstić information content (AvgIpc) is 2.49. The fourth-order valence-electron chi connectivity index (χ4n) is 2.15. The third-order valence-corrected chi connectivity index (χ3v) is 3.75. The van der Waals surface area contributed by atoms with Crippen LogP contribution in [0.1, 0.15) is 15.9 Å². The van der Waals surface area contributed by atoms with Crippen LogP contribution in [0.15, 0.2) is 48.8 Å². The Hall–Kier alpha value is -1.97. The Labute approximate surface area is 131 Å². The molecule has 0 aliphatic rings. The van der Waals surface area contributed by atoms with Crippen molar-refractivity contribution in [2.24, 2.45) is 0 Å². The van der Waals surface area contributed by atoms with Gasteiger partial charge >= 0.3 is 0 Å². The maximum absolute atomic E-state index is 12.5. The Balaban J connectivity index is 1.97. The van der Waals surface area contributed by atoms with Gasteiger partial charge in [-0.1, -0.05) is 35.3 Å². The number of benzene rings is 2. The minimum absolute atomic E-state index is 0.0506. The molecule has 0 aliphatic heterocycles. The van der Waals surface area contributed by atoms with Crippen LogP contribution in [-0.2, 0) is 6.42 Å². The number of para-hydroxylation sites is 1. The summed E-state index contributed by atoms with van der Waals surface area (Å²) in [5.41, 5.74) is 2.60. The van der Waals surface area contributed by atoms with E-state index in [2.05, 4.69) is 9.97 Å². The van der Waals surface area contributed by atoms with Crippen molar-refractivity contribution in [2.45, 2.75) is 6.42 Å². The summed E-state index contributed by atoms with van der Waals surface area (Å²) in [7, 11) is 0. The molecule has 1 heterocycles. The van der Waals surface area contributed by atoms with Crippen molar-refractivity contribution < 1.29 is 4.79 Å². The Morgan fingerprint density at radius 1 is 1.05 bits per heavy atom. The largest absolute Gasteiger partial charge is 0.294 e. The highest BCUT2D eigenvalue weighted by Crippen LogP contribution is 2.23. The number of fused-ring (bicyclic) bond motifs is 1. The fraction of sp³-hybridized carbons (Fsp3) is 0.0625. The zero-order valence-electron chi connectivity index (χ0n) is 10.9. The number of carbonyl (C=O) groups is 1. The summed E-state index contributed by atoms with van der Waals surface area (Å²) in [5, 5.41) is 1.04. The molecule has 0 unspecified atom stereocenters. The molecule has 0 N–H and O–H groups in total. The number of aromatic nitrogens is 2. The van der Waals surface area contributed by atoms with Gasteiger partial charge in [0.2, 0.25) is 0 Å². The van der Waals surface area contributed by atoms with Crippen molar-refractivity contribution >= 4 is 40.0 Å². The number of Topliss-reactive ketones (excluding diaryl/α,β-unsaturated/α-hetero) is 1. The highest BCUT2D eigenvalue weighted by molar-refractivity contribution is 6.35. The van der Waals surface area contributed by atoms with Crippen LogP contribution in [0.4, 0.5) is 0 Å². The normalized spacial score (nSPS) is 10.8. The molecule has 2 aromatic carbocycles. The monoisotopic (exact) mass is 316 g/mol. The lowest BCUT2D eigenvalue weighted by Crippen LogP contribution is -2.06. The van der Waals surface area contributed by atoms with Crippen LogP contribution in [0.25, 0.3) is 11.0 Å². The molecule has 5 heteroatoms. The lowest BCUT2D eigenvalue weighted by molar-refractivity contribution is 0.0994. The number of hydrogen-bond donors (Lipinski definition) is 0. The van der Waals surface area contributed by atoms with E-state index in [9.17, 15) is 4.79 Å². The van der Waals surface area contributed by atoms with Crippen molar-refractivity contribution in [2.75, 3.05) is 0 Å². The third-order valence-electron chi connectivity index (χ3n) is 3.17. The van der Waals surface area contributed by atoms with Gasteiger partial charge in [0.1, 0.15) is 0 Å². The summed E-state index contributed by atoms with van der Waals surface area (Å²) in [6.07, 6.45) is 3.38. The second kappa shape index (κ2) is 5.80. The highest BCUT2D eigenvalue weighted by Gasteiger charge is 2.14. The molecule has 0 atom stereocenters. The van der Waals surface area contributed by atoms with Gasteiger partial charge in [-0.25, -0.2) is 0 Å². The Bertz CT molecular complexity index is 828. The van der Waals surface area contributed by atoms with Crippen molar-refractivity contribution in [3.05, 3.63) is 70.0 Å². The average molecular weight is 317 g/mol. The quantitative estimate of drug-likeness (QED) is 0.674. The second-order valence-corrected chi connectivity index (χ2v) is 5.41. The predicted molar refractivity (Wildman–Crippen MR) is 84.0 cm³/mol. The molecule has 0 aliphatic carbocycles. The Kier molecular flexibility index (Phi) is 3.86. The molecule has 3 aromatic rings.